The quantitative estimate of drug-likeness (QED) is 0.909. The zero-order chi connectivity index (χ0) is 12.5. The maximum absolute atomic E-state index is 12.0. The number of nitriles is 1. The highest BCUT2D eigenvalue weighted by Crippen LogP contribution is 2.31. The highest BCUT2D eigenvalue weighted by atomic mass is 79.9. The fraction of sp³-hybridized carbons (Fsp3) is 0.364. The molecule has 6 heteroatoms. The molecule has 0 amide bonds. The van der Waals surface area contributed by atoms with E-state index in [1.165, 1.54) is 0 Å². The molecule has 1 aliphatic rings. The average Bonchev–Trinajstić information content (AvgIpc) is 2.24. The summed E-state index contributed by atoms with van der Waals surface area (Å²) in [6.07, 6.45) is 0.901. The second-order valence-electron chi connectivity index (χ2n) is 3.96. The van der Waals surface area contributed by atoms with Crippen molar-refractivity contribution in [3.05, 3.63) is 22.7 Å². The van der Waals surface area contributed by atoms with Gasteiger partial charge in [-0.1, -0.05) is 15.9 Å². The molecule has 17 heavy (non-hydrogen) atoms. The van der Waals surface area contributed by atoms with Gasteiger partial charge in [0.1, 0.15) is 0 Å². The third-order valence-electron chi connectivity index (χ3n) is 2.66. The van der Waals surface area contributed by atoms with Crippen molar-refractivity contribution < 1.29 is 8.42 Å². The molecule has 1 atom stereocenters. The molecule has 0 radical (unpaired) electrons. The largest absolute Gasteiger partial charge is 0.380 e. The van der Waals surface area contributed by atoms with Gasteiger partial charge in [0, 0.05) is 16.9 Å². The van der Waals surface area contributed by atoms with Gasteiger partial charge < -0.3 is 5.32 Å². The van der Waals surface area contributed by atoms with Gasteiger partial charge in [-0.2, -0.15) is 5.26 Å². The Morgan fingerprint density at radius 1 is 1.53 bits per heavy atom. The summed E-state index contributed by atoms with van der Waals surface area (Å²) < 4.78 is 24.9. The second kappa shape index (κ2) is 4.67. The third kappa shape index (κ3) is 2.61. The summed E-state index contributed by atoms with van der Waals surface area (Å²) in [6.45, 7) is 0. The molecule has 0 saturated carbocycles. The van der Waals surface area contributed by atoms with Crippen LogP contribution in [0.15, 0.2) is 27.6 Å². The molecular weight excluding hydrogens is 304 g/mol. The first kappa shape index (κ1) is 12.4. The van der Waals surface area contributed by atoms with Crippen molar-refractivity contribution in [1.82, 2.24) is 0 Å². The molecule has 1 aliphatic heterocycles. The summed E-state index contributed by atoms with van der Waals surface area (Å²) in [4.78, 5) is 0.342. The number of nitrogens with zero attached hydrogens (tertiary/aromatic N) is 1. The first-order chi connectivity index (χ1) is 8.03. The van der Waals surface area contributed by atoms with Gasteiger partial charge >= 0.3 is 0 Å². The van der Waals surface area contributed by atoms with Crippen LogP contribution in [0.1, 0.15) is 12.8 Å². The highest BCUT2D eigenvalue weighted by Gasteiger charge is 2.29. The molecule has 0 aromatic heterocycles. The fourth-order valence-corrected chi connectivity index (χ4v) is 3.95. The van der Waals surface area contributed by atoms with Crippen LogP contribution in [0.3, 0.4) is 0 Å². The van der Waals surface area contributed by atoms with Crippen LogP contribution in [-0.4, -0.2) is 20.2 Å². The van der Waals surface area contributed by atoms with Crippen molar-refractivity contribution in [3.8, 4) is 6.07 Å². The Balaban J connectivity index is 2.35. The van der Waals surface area contributed by atoms with Crippen LogP contribution in [0, 0.1) is 11.3 Å². The van der Waals surface area contributed by atoms with Gasteiger partial charge in [0.2, 0.25) is 0 Å². The van der Waals surface area contributed by atoms with Gasteiger partial charge in [-0.3, -0.25) is 0 Å². The molecule has 0 bridgehead atoms. The van der Waals surface area contributed by atoms with Crippen LogP contribution < -0.4 is 5.32 Å². The maximum atomic E-state index is 12.0. The van der Waals surface area contributed by atoms with E-state index < -0.39 is 9.84 Å². The molecule has 1 heterocycles. The molecule has 1 N–H and O–H groups in total. The van der Waals surface area contributed by atoms with Crippen LogP contribution in [0.4, 0.5) is 5.69 Å². The van der Waals surface area contributed by atoms with Gasteiger partial charge in [0.15, 0.2) is 9.84 Å². The maximum Gasteiger partial charge on any atom is 0.182 e. The Hall–Kier alpha value is -1.06. The zero-order valence-electron chi connectivity index (χ0n) is 8.98. The van der Waals surface area contributed by atoms with E-state index in [9.17, 15) is 8.42 Å². The monoisotopic (exact) mass is 314 g/mol. The molecular formula is C11H11BrN2O2S. The Bertz CT molecular complexity index is 578. The number of rotatable bonds is 2. The molecule has 90 valence electrons. The number of hydrogen-bond donors (Lipinski definition) is 1. The van der Waals surface area contributed by atoms with Crippen molar-refractivity contribution >= 4 is 31.5 Å². The number of nitrogens with one attached hydrogen (secondary N) is 1. The number of benzene rings is 1. The van der Waals surface area contributed by atoms with E-state index in [0.717, 1.165) is 4.47 Å². The van der Waals surface area contributed by atoms with Gasteiger partial charge in [-0.15, -0.1) is 0 Å². The van der Waals surface area contributed by atoms with Gasteiger partial charge in [0.05, 0.1) is 22.4 Å². The van der Waals surface area contributed by atoms with Gasteiger partial charge in [-0.25, -0.2) is 8.42 Å². The minimum atomic E-state index is -3.23. The molecule has 0 spiro atoms. The summed E-state index contributed by atoms with van der Waals surface area (Å²) in [5.41, 5.74) is 0.619. The normalized spacial score (nSPS) is 21.1. The van der Waals surface area contributed by atoms with E-state index in [1.54, 1.807) is 18.2 Å². The molecule has 0 saturated heterocycles. The van der Waals surface area contributed by atoms with Crippen LogP contribution in [0.2, 0.25) is 0 Å². The van der Waals surface area contributed by atoms with Crippen molar-refractivity contribution in [3.63, 3.8) is 0 Å². The SMILES string of the molecule is N#CCCC1CS(=O)(=O)c2ccc(Br)cc2N1. The van der Waals surface area contributed by atoms with Crippen LogP contribution in [0.25, 0.3) is 0 Å². The number of hydrogen-bond acceptors (Lipinski definition) is 4. The Kier molecular flexibility index (Phi) is 3.40. The Morgan fingerprint density at radius 2 is 2.29 bits per heavy atom. The number of sulfone groups is 1. The summed E-state index contributed by atoms with van der Waals surface area (Å²) in [5.74, 6) is 0.0588. The van der Waals surface area contributed by atoms with Crippen molar-refractivity contribution in [1.29, 1.82) is 5.26 Å². The van der Waals surface area contributed by atoms with Crippen molar-refractivity contribution in [2.75, 3.05) is 11.1 Å². The van der Waals surface area contributed by atoms with E-state index in [0.29, 0.717) is 23.4 Å². The number of fused-ring (bicyclic) bond motifs is 1. The molecule has 2 rings (SSSR count). The second-order valence-corrected chi connectivity index (χ2v) is 6.88. The molecule has 0 fully saturated rings. The molecule has 0 aliphatic carbocycles. The number of halogens is 1. The lowest BCUT2D eigenvalue weighted by molar-refractivity contribution is 0.580. The van der Waals surface area contributed by atoms with Crippen molar-refractivity contribution in [2.45, 2.75) is 23.8 Å². The smallest absolute Gasteiger partial charge is 0.182 e. The predicted octanol–water partition coefficient (Wildman–Crippen LogP) is 2.32. The molecule has 1 aromatic carbocycles. The first-order valence-electron chi connectivity index (χ1n) is 5.19. The Morgan fingerprint density at radius 3 is 3.00 bits per heavy atom. The molecule has 1 unspecified atom stereocenters. The lowest BCUT2D eigenvalue weighted by Gasteiger charge is -2.26. The first-order valence-corrected chi connectivity index (χ1v) is 7.63. The minimum absolute atomic E-state index is 0.0588. The molecule has 4 nitrogen and oxygen atoms in total. The van der Waals surface area contributed by atoms with Gasteiger partial charge in [0.25, 0.3) is 0 Å². The fourth-order valence-electron chi connectivity index (χ4n) is 1.90. The topological polar surface area (TPSA) is 70.0 Å². The van der Waals surface area contributed by atoms with Gasteiger partial charge in [-0.05, 0) is 24.6 Å². The standard InChI is InChI=1S/C11H11BrN2O2S/c12-8-3-4-11-10(6-8)14-9(2-1-5-13)7-17(11,15)16/h3-4,6,9,14H,1-2,7H2. The lowest BCUT2D eigenvalue weighted by Crippen LogP contribution is -2.34. The Labute approximate surface area is 109 Å². The van der Waals surface area contributed by atoms with E-state index in [2.05, 4.69) is 21.2 Å². The van der Waals surface area contributed by atoms with Crippen molar-refractivity contribution in [2.24, 2.45) is 0 Å². The summed E-state index contributed by atoms with van der Waals surface area (Å²) in [7, 11) is -3.23. The van der Waals surface area contributed by atoms with Crippen LogP contribution >= 0.6 is 15.9 Å². The van der Waals surface area contributed by atoms with E-state index in [1.807, 2.05) is 6.07 Å². The van der Waals surface area contributed by atoms with Crippen LogP contribution in [-0.2, 0) is 9.84 Å². The molecule has 1 aromatic rings. The summed E-state index contributed by atoms with van der Waals surface area (Å²) >= 11 is 3.31. The highest BCUT2D eigenvalue weighted by molar-refractivity contribution is 9.10. The zero-order valence-corrected chi connectivity index (χ0v) is 11.4. The van der Waals surface area contributed by atoms with Crippen LogP contribution in [0.5, 0.6) is 0 Å². The lowest BCUT2D eigenvalue weighted by atomic mass is 10.1. The predicted molar refractivity (Wildman–Crippen MR) is 68.5 cm³/mol. The third-order valence-corrected chi connectivity index (χ3v) is 5.02. The van der Waals surface area contributed by atoms with E-state index in [-0.39, 0.29) is 11.8 Å². The number of anilines is 1. The minimum Gasteiger partial charge on any atom is -0.380 e. The summed E-state index contributed by atoms with van der Waals surface area (Å²) in [6, 6.07) is 6.93. The summed E-state index contributed by atoms with van der Waals surface area (Å²) in [5, 5.41) is 11.7. The average molecular weight is 315 g/mol. The van der Waals surface area contributed by atoms with E-state index in [4.69, 9.17) is 5.26 Å². The van der Waals surface area contributed by atoms with E-state index >= 15 is 0 Å².